The first-order valence-corrected chi connectivity index (χ1v) is 3.55. The molecule has 2 heteroatoms. The molecule has 0 aromatic carbocycles. The molecule has 2 nitrogen and oxygen atoms in total. The van der Waals surface area contributed by atoms with Crippen LogP contribution in [0, 0.1) is 13.8 Å². The van der Waals surface area contributed by atoms with E-state index in [0.29, 0.717) is 5.69 Å². The molecule has 0 fully saturated rings. The second kappa shape index (κ2) is 4.00. The van der Waals surface area contributed by atoms with E-state index in [4.69, 9.17) is 0 Å². The number of aromatic nitrogens is 1. The normalized spacial score (nSPS) is 8.92. The molecule has 0 saturated carbocycles. The van der Waals surface area contributed by atoms with Crippen molar-refractivity contribution in [1.82, 2.24) is 4.98 Å². The third-order valence-corrected chi connectivity index (χ3v) is 1.55. The van der Waals surface area contributed by atoms with Gasteiger partial charge in [-0.15, -0.1) is 0 Å². The van der Waals surface area contributed by atoms with Gasteiger partial charge in [-0.25, -0.2) is 0 Å². The summed E-state index contributed by atoms with van der Waals surface area (Å²) in [5.41, 5.74) is 2.63. The Hall–Kier alpha value is -1.18. The van der Waals surface area contributed by atoms with Crippen molar-refractivity contribution in [1.29, 1.82) is 0 Å². The van der Waals surface area contributed by atoms with Crippen molar-refractivity contribution in [3.8, 4) is 0 Å². The molecule has 0 saturated heterocycles. The first-order valence-electron chi connectivity index (χ1n) is 3.55. The molecule has 1 aromatic rings. The van der Waals surface area contributed by atoms with Gasteiger partial charge in [0.1, 0.15) is 5.69 Å². The summed E-state index contributed by atoms with van der Waals surface area (Å²) >= 11 is 0. The predicted molar refractivity (Wildman–Crippen MR) is 50.4 cm³/mol. The Kier molecular flexibility index (Phi) is 3.61. The van der Waals surface area contributed by atoms with Crippen LogP contribution >= 0.6 is 0 Å². The van der Waals surface area contributed by atoms with E-state index in [0.717, 1.165) is 11.1 Å². The number of carbonyl (C=O) groups excluding carboxylic acids is 1. The van der Waals surface area contributed by atoms with E-state index < -0.39 is 0 Å². The van der Waals surface area contributed by atoms with Crippen molar-refractivity contribution < 1.29 is 4.79 Å². The summed E-state index contributed by atoms with van der Waals surface area (Å²) in [5.74, 6) is 0.0301. The molecule has 0 aliphatic carbocycles. The molecule has 1 heterocycles. The molecule has 1 aromatic heterocycles. The van der Waals surface area contributed by atoms with Crippen LogP contribution < -0.4 is 0 Å². The molecule has 66 valence electrons. The lowest BCUT2D eigenvalue weighted by Gasteiger charge is -2.00. The Morgan fingerprint density at radius 2 is 2.00 bits per heavy atom. The number of rotatable bonds is 1. The fraction of sp³-hybridized carbons (Fsp3) is 0.400. The van der Waals surface area contributed by atoms with Gasteiger partial charge in [-0.2, -0.15) is 0 Å². The first kappa shape index (κ1) is 10.8. The molecule has 0 aliphatic rings. The Bertz CT molecular complexity index is 292. The topological polar surface area (TPSA) is 30.0 Å². The predicted octanol–water partition coefficient (Wildman–Crippen LogP) is 2.54. The standard InChI is InChI=1S/C9H11NO.CH4/c1-6-4-7(2)9(8(3)11)10-5-6;/h4-5H,1-3H3;1H4. The molecule has 0 amide bonds. The molecule has 0 radical (unpaired) electrons. The highest BCUT2D eigenvalue weighted by Gasteiger charge is 2.03. The van der Waals surface area contributed by atoms with Gasteiger partial charge in [-0.1, -0.05) is 13.5 Å². The van der Waals surface area contributed by atoms with Crippen LogP contribution in [-0.2, 0) is 0 Å². The van der Waals surface area contributed by atoms with Crippen molar-refractivity contribution in [3.63, 3.8) is 0 Å². The number of hydrogen-bond donors (Lipinski definition) is 0. The van der Waals surface area contributed by atoms with Crippen molar-refractivity contribution in [2.24, 2.45) is 0 Å². The number of Topliss-reactive ketones (excluding diaryl/α,β-unsaturated/α-hetero) is 1. The summed E-state index contributed by atoms with van der Waals surface area (Å²) in [6.45, 7) is 5.39. The SMILES string of the molecule is C.CC(=O)c1ncc(C)cc1C. The maximum atomic E-state index is 10.9. The molecular weight excluding hydrogens is 150 g/mol. The summed E-state index contributed by atoms with van der Waals surface area (Å²) in [6, 6.07) is 1.96. The molecule has 1 rings (SSSR count). The monoisotopic (exact) mass is 165 g/mol. The fourth-order valence-electron chi connectivity index (χ4n) is 1.08. The number of carbonyl (C=O) groups is 1. The number of hydrogen-bond acceptors (Lipinski definition) is 2. The summed E-state index contributed by atoms with van der Waals surface area (Å²) in [6.07, 6.45) is 1.71. The van der Waals surface area contributed by atoms with Crippen LogP contribution in [-0.4, -0.2) is 10.8 Å². The van der Waals surface area contributed by atoms with Crippen LogP contribution in [0.5, 0.6) is 0 Å². The summed E-state index contributed by atoms with van der Waals surface area (Å²) < 4.78 is 0. The van der Waals surface area contributed by atoms with Gasteiger partial charge in [0.15, 0.2) is 5.78 Å². The van der Waals surface area contributed by atoms with Gasteiger partial charge in [-0.05, 0) is 25.0 Å². The Morgan fingerprint density at radius 1 is 1.42 bits per heavy atom. The quantitative estimate of drug-likeness (QED) is 0.598. The Balaban J connectivity index is 0.00000121. The van der Waals surface area contributed by atoms with Crippen LogP contribution in [0.2, 0.25) is 0 Å². The van der Waals surface area contributed by atoms with Gasteiger partial charge >= 0.3 is 0 Å². The lowest BCUT2D eigenvalue weighted by Crippen LogP contribution is -1.99. The maximum absolute atomic E-state index is 10.9. The van der Waals surface area contributed by atoms with Crippen molar-refractivity contribution in [3.05, 3.63) is 29.1 Å². The zero-order valence-electron chi connectivity index (χ0n) is 7.01. The van der Waals surface area contributed by atoms with Gasteiger partial charge < -0.3 is 0 Å². The van der Waals surface area contributed by atoms with E-state index in [9.17, 15) is 4.79 Å². The van der Waals surface area contributed by atoms with Crippen molar-refractivity contribution in [2.75, 3.05) is 0 Å². The Morgan fingerprint density at radius 3 is 2.42 bits per heavy atom. The molecular formula is C10H15NO. The van der Waals surface area contributed by atoms with Crippen molar-refractivity contribution in [2.45, 2.75) is 28.2 Å². The molecule has 0 spiro atoms. The minimum Gasteiger partial charge on any atom is -0.293 e. The highest BCUT2D eigenvalue weighted by atomic mass is 16.1. The highest BCUT2D eigenvalue weighted by molar-refractivity contribution is 5.93. The Labute approximate surface area is 73.6 Å². The number of ketones is 1. The first-order chi connectivity index (χ1) is 5.11. The second-order valence-electron chi connectivity index (χ2n) is 2.73. The minimum absolute atomic E-state index is 0. The fourth-order valence-corrected chi connectivity index (χ4v) is 1.08. The molecule has 0 bridgehead atoms. The van der Waals surface area contributed by atoms with E-state index in [1.165, 1.54) is 6.92 Å². The number of nitrogens with zero attached hydrogens (tertiary/aromatic N) is 1. The van der Waals surface area contributed by atoms with Gasteiger partial charge in [0.2, 0.25) is 0 Å². The van der Waals surface area contributed by atoms with Crippen molar-refractivity contribution >= 4 is 5.78 Å². The average Bonchev–Trinajstić information content (AvgIpc) is 1.85. The molecule has 0 unspecified atom stereocenters. The molecule has 0 atom stereocenters. The van der Waals surface area contributed by atoms with E-state index in [1.807, 2.05) is 19.9 Å². The van der Waals surface area contributed by atoms with Gasteiger partial charge in [0.25, 0.3) is 0 Å². The summed E-state index contributed by atoms with van der Waals surface area (Å²) in [5, 5.41) is 0. The lowest BCUT2D eigenvalue weighted by molar-refractivity contribution is 0.101. The largest absolute Gasteiger partial charge is 0.293 e. The van der Waals surface area contributed by atoms with Gasteiger partial charge in [0, 0.05) is 13.1 Å². The van der Waals surface area contributed by atoms with E-state index in [2.05, 4.69) is 4.98 Å². The second-order valence-corrected chi connectivity index (χ2v) is 2.73. The van der Waals surface area contributed by atoms with E-state index in [-0.39, 0.29) is 13.2 Å². The highest BCUT2D eigenvalue weighted by Crippen LogP contribution is 2.06. The van der Waals surface area contributed by atoms with Crippen LogP contribution in [0.15, 0.2) is 12.3 Å². The van der Waals surface area contributed by atoms with Gasteiger partial charge in [-0.3, -0.25) is 9.78 Å². The van der Waals surface area contributed by atoms with Crippen LogP contribution in [0.4, 0.5) is 0 Å². The number of pyridine rings is 1. The van der Waals surface area contributed by atoms with Gasteiger partial charge in [0.05, 0.1) is 0 Å². The summed E-state index contributed by atoms with van der Waals surface area (Å²) in [7, 11) is 0. The third kappa shape index (κ3) is 2.16. The number of aryl methyl sites for hydroxylation is 2. The lowest BCUT2D eigenvalue weighted by atomic mass is 10.1. The zero-order valence-corrected chi connectivity index (χ0v) is 7.01. The maximum Gasteiger partial charge on any atom is 0.178 e. The molecule has 0 N–H and O–H groups in total. The van der Waals surface area contributed by atoms with E-state index in [1.54, 1.807) is 6.20 Å². The van der Waals surface area contributed by atoms with Crippen LogP contribution in [0.25, 0.3) is 0 Å². The van der Waals surface area contributed by atoms with Crippen LogP contribution in [0.1, 0.15) is 36.0 Å². The third-order valence-electron chi connectivity index (χ3n) is 1.55. The zero-order chi connectivity index (χ0) is 8.43. The molecule has 0 aliphatic heterocycles. The van der Waals surface area contributed by atoms with Crippen LogP contribution in [0.3, 0.4) is 0 Å². The van der Waals surface area contributed by atoms with E-state index >= 15 is 0 Å². The summed E-state index contributed by atoms with van der Waals surface area (Å²) in [4.78, 5) is 14.9. The average molecular weight is 165 g/mol. The molecule has 12 heavy (non-hydrogen) atoms. The smallest absolute Gasteiger partial charge is 0.178 e. The minimum atomic E-state index is 0.